The fraction of sp³-hybridized carbons (Fsp3) is 0.857. The van der Waals surface area contributed by atoms with E-state index in [1.54, 1.807) is 6.92 Å². The molecule has 5 nitrogen and oxygen atoms in total. The quantitative estimate of drug-likeness (QED) is 0.501. The molecule has 0 aliphatic carbocycles. The number of hydrogen-bond acceptors (Lipinski definition) is 3. The summed E-state index contributed by atoms with van der Waals surface area (Å²) in [5, 5.41) is 21.8. The monoisotopic (exact) mass is 174 g/mol. The highest BCUT2D eigenvalue weighted by Gasteiger charge is 2.35. The fourth-order valence-corrected chi connectivity index (χ4v) is 1.48. The summed E-state index contributed by atoms with van der Waals surface area (Å²) in [6.07, 6.45) is 0.546. The van der Waals surface area contributed by atoms with Gasteiger partial charge in [0.15, 0.2) is 0 Å². The minimum Gasteiger partial charge on any atom is -0.601 e. The molecular weight excluding hydrogens is 160 g/mol. The highest BCUT2D eigenvalue weighted by atomic mass is 16.7. The first kappa shape index (κ1) is 9.44. The van der Waals surface area contributed by atoms with E-state index in [0.717, 1.165) is 12.8 Å². The Hall–Kier alpha value is -0.650. The van der Waals surface area contributed by atoms with E-state index < -0.39 is 10.8 Å². The van der Waals surface area contributed by atoms with E-state index in [0.29, 0.717) is 13.1 Å². The van der Waals surface area contributed by atoms with Gasteiger partial charge in [-0.2, -0.15) is 9.55 Å². The molecule has 1 heterocycles. The van der Waals surface area contributed by atoms with E-state index in [-0.39, 0.29) is 6.54 Å². The maximum Gasteiger partial charge on any atom is 0.533 e. The van der Waals surface area contributed by atoms with Crippen LogP contribution in [0.25, 0.3) is 0 Å². The molecule has 0 aromatic rings. The summed E-state index contributed by atoms with van der Waals surface area (Å²) in [5.41, 5.74) is 0. The van der Waals surface area contributed by atoms with Crippen molar-refractivity contribution in [2.75, 3.05) is 19.6 Å². The third-order valence-electron chi connectivity index (χ3n) is 2.27. The van der Waals surface area contributed by atoms with E-state index in [9.17, 15) is 10.0 Å². The maximum absolute atomic E-state index is 11.6. The van der Waals surface area contributed by atoms with Crippen molar-refractivity contribution in [3.8, 4) is 0 Å². The van der Waals surface area contributed by atoms with Gasteiger partial charge in [0.1, 0.15) is 6.54 Å². The molecule has 1 N–H and O–H groups in total. The molecule has 1 aliphatic rings. The minimum atomic E-state index is -1.31. The zero-order chi connectivity index (χ0) is 9.19. The van der Waals surface area contributed by atoms with E-state index >= 15 is 0 Å². The van der Waals surface area contributed by atoms with Gasteiger partial charge in [-0.15, -0.1) is 5.01 Å². The normalized spacial score (nSPS) is 23.8. The van der Waals surface area contributed by atoms with Crippen LogP contribution in [0.3, 0.4) is 0 Å². The number of hydroxylamine groups is 2. The Bertz CT molecular complexity index is 179. The molecule has 0 spiro atoms. The number of carboxylic acid groups (broad SMARTS) is 1. The van der Waals surface area contributed by atoms with Gasteiger partial charge in [0.25, 0.3) is 0 Å². The van der Waals surface area contributed by atoms with Crippen LogP contribution in [0.4, 0.5) is 4.79 Å². The van der Waals surface area contributed by atoms with Gasteiger partial charge in [0, 0.05) is 13.1 Å². The fourth-order valence-electron chi connectivity index (χ4n) is 1.48. The maximum atomic E-state index is 11.6. The predicted molar refractivity (Wildman–Crippen MR) is 43.0 cm³/mol. The Balaban J connectivity index is 2.70. The second kappa shape index (κ2) is 3.38. The Labute approximate surface area is 71.3 Å². The summed E-state index contributed by atoms with van der Waals surface area (Å²) in [6, 6.07) is 0. The van der Waals surface area contributed by atoms with Gasteiger partial charge < -0.3 is 10.3 Å². The predicted octanol–water partition coefficient (Wildman–Crippen LogP) is 1.01. The summed E-state index contributed by atoms with van der Waals surface area (Å²) < 4.78 is -1.21. The third kappa shape index (κ3) is 1.43. The summed E-state index contributed by atoms with van der Waals surface area (Å²) in [6.45, 7) is 2.86. The molecule has 0 radical (unpaired) electrons. The molecule has 1 unspecified atom stereocenters. The SMILES string of the molecule is CC[N+]([O-])(C(=O)O)N1CCCC1. The first-order valence-electron chi connectivity index (χ1n) is 4.19. The van der Waals surface area contributed by atoms with Gasteiger partial charge in [-0.3, -0.25) is 0 Å². The lowest BCUT2D eigenvalue weighted by Crippen LogP contribution is -2.57. The average molecular weight is 174 g/mol. The van der Waals surface area contributed by atoms with Crippen molar-refractivity contribution in [3.05, 3.63) is 5.21 Å². The van der Waals surface area contributed by atoms with Crippen molar-refractivity contribution in [1.82, 2.24) is 5.01 Å². The zero-order valence-electron chi connectivity index (χ0n) is 7.19. The molecule has 5 heteroatoms. The van der Waals surface area contributed by atoms with E-state index in [4.69, 9.17) is 5.11 Å². The number of amides is 1. The standard InChI is InChI=1S/C7H14N2O3/c1-2-9(12,7(10)11)8-5-3-4-6-8/h2-6H2,1H3,(H,10,11). The van der Waals surface area contributed by atoms with Crippen LogP contribution < -0.4 is 0 Å². The van der Waals surface area contributed by atoms with Gasteiger partial charge in [-0.1, -0.05) is 0 Å². The molecule has 1 saturated heterocycles. The summed E-state index contributed by atoms with van der Waals surface area (Å²) in [5.74, 6) is 0. The van der Waals surface area contributed by atoms with Crippen LogP contribution >= 0.6 is 0 Å². The first-order chi connectivity index (χ1) is 5.61. The lowest BCUT2D eigenvalue weighted by atomic mass is 10.4. The average Bonchev–Trinajstić information content (AvgIpc) is 2.54. The van der Waals surface area contributed by atoms with Crippen LogP contribution in [0.15, 0.2) is 0 Å². The second-order valence-electron chi connectivity index (χ2n) is 2.96. The van der Waals surface area contributed by atoms with Crippen LogP contribution in [-0.2, 0) is 0 Å². The van der Waals surface area contributed by atoms with Crippen LogP contribution in [-0.4, -0.2) is 40.6 Å². The van der Waals surface area contributed by atoms with Crippen LogP contribution in [0.2, 0.25) is 0 Å². The summed E-state index contributed by atoms with van der Waals surface area (Å²) in [4.78, 5) is 10.7. The molecule has 0 saturated carbocycles. The van der Waals surface area contributed by atoms with Crippen molar-refractivity contribution in [2.45, 2.75) is 19.8 Å². The molecular formula is C7H14N2O3. The molecule has 0 bridgehead atoms. The lowest BCUT2D eigenvalue weighted by molar-refractivity contribution is -0.925. The summed E-state index contributed by atoms with van der Waals surface area (Å²) in [7, 11) is 0. The van der Waals surface area contributed by atoms with Gasteiger partial charge in [0.2, 0.25) is 0 Å². The number of rotatable bonds is 2. The first-order valence-corrected chi connectivity index (χ1v) is 4.19. The Morgan fingerprint density at radius 1 is 1.58 bits per heavy atom. The molecule has 1 rings (SSSR count). The number of hydrogen-bond donors (Lipinski definition) is 1. The molecule has 0 aromatic carbocycles. The van der Waals surface area contributed by atoms with Crippen LogP contribution in [0.5, 0.6) is 0 Å². The Morgan fingerprint density at radius 3 is 2.42 bits per heavy atom. The van der Waals surface area contributed by atoms with Crippen molar-refractivity contribution >= 4 is 6.09 Å². The molecule has 12 heavy (non-hydrogen) atoms. The Morgan fingerprint density at radius 2 is 2.08 bits per heavy atom. The molecule has 1 amide bonds. The molecule has 70 valence electrons. The molecule has 1 atom stereocenters. The van der Waals surface area contributed by atoms with Crippen molar-refractivity contribution in [3.63, 3.8) is 0 Å². The lowest BCUT2D eigenvalue weighted by Gasteiger charge is -2.41. The van der Waals surface area contributed by atoms with E-state index in [2.05, 4.69) is 0 Å². The van der Waals surface area contributed by atoms with Crippen LogP contribution in [0.1, 0.15) is 19.8 Å². The largest absolute Gasteiger partial charge is 0.601 e. The molecule has 0 aromatic heterocycles. The highest BCUT2D eigenvalue weighted by molar-refractivity contribution is 5.56. The molecule has 1 fully saturated rings. The topological polar surface area (TPSA) is 63.6 Å². The van der Waals surface area contributed by atoms with Gasteiger partial charge in [0.05, 0.1) is 0 Å². The van der Waals surface area contributed by atoms with E-state index in [1.807, 2.05) is 0 Å². The molecule has 1 aliphatic heterocycles. The van der Waals surface area contributed by atoms with Crippen molar-refractivity contribution < 1.29 is 14.7 Å². The van der Waals surface area contributed by atoms with Gasteiger partial charge >= 0.3 is 6.09 Å². The second-order valence-corrected chi connectivity index (χ2v) is 2.96. The van der Waals surface area contributed by atoms with Gasteiger partial charge in [-0.05, 0) is 19.8 Å². The highest BCUT2D eigenvalue weighted by Crippen LogP contribution is 2.18. The number of carbonyl (C=O) groups is 1. The van der Waals surface area contributed by atoms with Gasteiger partial charge in [-0.25, -0.2) is 0 Å². The number of quaternary nitrogens is 1. The summed E-state index contributed by atoms with van der Waals surface area (Å²) >= 11 is 0. The minimum absolute atomic E-state index is 0.0648. The van der Waals surface area contributed by atoms with Crippen molar-refractivity contribution in [1.29, 1.82) is 0 Å². The smallest absolute Gasteiger partial charge is 0.533 e. The third-order valence-corrected chi connectivity index (χ3v) is 2.27. The Kier molecular flexibility index (Phi) is 2.66. The van der Waals surface area contributed by atoms with Crippen LogP contribution in [0, 0.1) is 5.21 Å². The van der Waals surface area contributed by atoms with Crippen molar-refractivity contribution in [2.24, 2.45) is 0 Å². The van der Waals surface area contributed by atoms with E-state index in [1.165, 1.54) is 5.01 Å². The zero-order valence-corrected chi connectivity index (χ0v) is 7.19. The number of nitrogens with zero attached hydrogens (tertiary/aromatic N) is 2.